The lowest BCUT2D eigenvalue weighted by atomic mass is 10.0. The number of rotatable bonds is 9. The lowest BCUT2D eigenvalue weighted by molar-refractivity contribution is 0.163. The second-order valence-corrected chi connectivity index (χ2v) is 5.70. The number of hydrogen-bond acceptors (Lipinski definition) is 2. The SMILES string of the molecule is CCCCCCCC(O)c1ccc(OCC)c(Br)c1. The molecule has 0 amide bonds. The van der Waals surface area contributed by atoms with Gasteiger partial charge in [0.1, 0.15) is 5.75 Å². The van der Waals surface area contributed by atoms with E-state index in [-0.39, 0.29) is 6.10 Å². The quantitative estimate of drug-likeness (QED) is 0.628. The molecule has 0 heterocycles. The standard InChI is InChI=1S/C16H25BrO2/c1-3-5-6-7-8-9-15(18)13-10-11-16(19-4-2)14(17)12-13/h10-12,15,18H,3-9H2,1-2H3. The zero-order valence-electron chi connectivity index (χ0n) is 12.0. The summed E-state index contributed by atoms with van der Waals surface area (Å²) in [5.74, 6) is 0.835. The van der Waals surface area contributed by atoms with Crippen LogP contribution in [-0.2, 0) is 0 Å². The van der Waals surface area contributed by atoms with Gasteiger partial charge in [-0.15, -0.1) is 0 Å². The molecule has 0 saturated heterocycles. The van der Waals surface area contributed by atoms with Crippen LogP contribution in [-0.4, -0.2) is 11.7 Å². The van der Waals surface area contributed by atoms with Crippen molar-refractivity contribution in [2.24, 2.45) is 0 Å². The van der Waals surface area contributed by atoms with E-state index in [2.05, 4.69) is 22.9 Å². The highest BCUT2D eigenvalue weighted by atomic mass is 79.9. The highest BCUT2D eigenvalue weighted by Gasteiger charge is 2.10. The topological polar surface area (TPSA) is 29.5 Å². The van der Waals surface area contributed by atoms with E-state index in [1.54, 1.807) is 0 Å². The maximum absolute atomic E-state index is 10.2. The van der Waals surface area contributed by atoms with Crippen LogP contribution in [0.25, 0.3) is 0 Å². The number of aliphatic hydroxyl groups is 1. The molecule has 1 unspecified atom stereocenters. The third-order valence-corrected chi connectivity index (χ3v) is 3.84. The minimum atomic E-state index is -0.367. The lowest BCUT2D eigenvalue weighted by Crippen LogP contribution is -1.99. The number of unbranched alkanes of at least 4 members (excludes halogenated alkanes) is 4. The first-order valence-corrected chi connectivity index (χ1v) is 8.08. The average molecular weight is 329 g/mol. The van der Waals surface area contributed by atoms with Gasteiger partial charge in [-0.3, -0.25) is 0 Å². The molecule has 1 N–H and O–H groups in total. The van der Waals surface area contributed by atoms with Crippen LogP contribution in [0.15, 0.2) is 22.7 Å². The van der Waals surface area contributed by atoms with Crippen LogP contribution in [0.5, 0.6) is 5.75 Å². The molecule has 0 radical (unpaired) electrons. The minimum Gasteiger partial charge on any atom is -0.493 e. The van der Waals surface area contributed by atoms with E-state index in [1.165, 1.54) is 25.7 Å². The Morgan fingerprint density at radius 2 is 1.89 bits per heavy atom. The molecule has 0 bridgehead atoms. The molecule has 3 heteroatoms. The minimum absolute atomic E-state index is 0.367. The molecule has 1 aromatic carbocycles. The predicted octanol–water partition coefficient (Wildman–Crippen LogP) is 5.24. The summed E-state index contributed by atoms with van der Waals surface area (Å²) < 4.78 is 6.38. The molecule has 0 fully saturated rings. The van der Waals surface area contributed by atoms with Gasteiger partial charge < -0.3 is 9.84 Å². The largest absolute Gasteiger partial charge is 0.493 e. The molecule has 1 aromatic rings. The van der Waals surface area contributed by atoms with E-state index in [4.69, 9.17) is 4.74 Å². The molecule has 1 rings (SSSR count). The Kier molecular flexibility index (Phi) is 8.15. The van der Waals surface area contributed by atoms with Gasteiger partial charge in [-0.1, -0.05) is 45.1 Å². The normalized spacial score (nSPS) is 12.4. The molecule has 0 saturated carbocycles. The maximum Gasteiger partial charge on any atom is 0.133 e. The van der Waals surface area contributed by atoms with Gasteiger partial charge in [0, 0.05) is 0 Å². The molecule has 1 atom stereocenters. The van der Waals surface area contributed by atoms with Crippen LogP contribution < -0.4 is 4.74 Å². The summed E-state index contributed by atoms with van der Waals surface area (Å²) in [7, 11) is 0. The third-order valence-electron chi connectivity index (χ3n) is 3.22. The summed E-state index contributed by atoms with van der Waals surface area (Å²) in [4.78, 5) is 0. The van der Waals surface area contributed by atoms with E-state index in [9.17, 15) is 5.11 Å². The van der Waals surface area contributed by atoms with Gasteiger partial charge >= 0.3 is 0 Å². The van der Waals surface area contributed by atoms with Gasteiger partial charge in [0.15, 0.2) is 0 Å². The Balaban J connectivity index is 2.43. The molecule has 0 aliphatic rings. The van der Waals surface area contributed by atoms with Crippen molar-refractivity contribution in [3.05, 3.63) is 28.2 Å². The van der Waals surface area contributed by atoms with Crippen molar-refractivity contribution in [1.82, 2.24) is 0 Å². The van der Waals surface area contributed by atoms with Crippen molar-refractivity contribution in [1.29, 1.82) is 0 Å². The van der Waals surface area contributed by atoms with E-state index in [0.29, 0.717) is 6.61 Å². The maximum atomic E-state index is 10.2. The van der Waals surface area contributed by atoms with Crippen LogP contribution in [0.1, 0.15) is 64.0 Å². The monoisotopic (exact) mass is 328 g/mol. The van der Waals surface area contributed by atoms with Crippen LogP contribution >= 0.6 is 15.9 Å². The van der Waals surface area contributed by atoms with Gasteiger partial charge in [0.05, 0.1) is 17.2 Å². The molecule has 2 nitrogen and oxygen atoms in total. The van der Waals surface area contributed by atoms with Gasteiger partial charge in [-0.2, -0.15) is 0 Å². The van der Waals surface area contributed by atoms with E-state index in [1.807, 2.05) is 25.1 Å². The van der Waals surface area contributed by atoms with Crippen molar-refractivity contribution >= 4 is 15.9 Å². The third kappa shape index (κ3) is 5.96. The fraction of sp³-hybridized carbons (Fsp3) is 0.625. The van der Waals surface area contributed by atoms with Crippen LogP contribution in [0.3, 0.4) is 0 Å². The second kappa shape index (κ2) is 9.38. The Morgan fingerprint density at radius 3 is 2.53 bits per heavy atom. The van der Waals surface area contributed by atoms with Crippen molar-refractivity contribution in [3.8, 4) is 5.75 Å². The van der Waals surface area contributed by atoms with Crippen molar-refractivity contribution in [3.63, 3.8) is 0 Å². The number of benzene rings is 1. The zero-order chi connectivity index (χ0) is 14.1. The average Bonchev–Trinajstić information content (AvgIpc) is 2.41. The van der Waals surface area contributed by atoms with Crippen LogP contribution in [0, 0.1) is 0 Å². The second-order valence-electron chi connectivity index (χ2n) is 4.84. The first-order valence-electron chi connectivity index (χ1n) is 7.29. The Morgan fingerprint density at radius 1 is 1.16 bits per heavy atom. The van der Waals surface area contributed by atoms with E-state index in [0.717, 1.165) is 28.6 Å². The number of hydrogen-bond donors (Lipinski definition) is 1. The van der Waals surface area contributed by atoms with Gasteiger partial charge in [-0.25, -0.2) is 0 Å². The van der Waals surface area contributed by atoms with Crippen molar-refractivity contribution < 1.29 is 9.84 Å². The summed E-state index contributed by atoms with van der Waals surface area (Å²) in [6.45, 7) is 4.83. The van der Waals surface area contributed by atoms with Crippen LogP contribution in [0.4, 0.5) is 0 Å². The molecule has 0 aliphatic carbocycles. The molecule has 19 heavy (non-hydrogen) atoms. The Labute approximate surface area is 125 Å². The Hall–Kier alpha value is -0.540. The Bertz CT molecular complexity index is 366. The predicted molar refractivity (Wildman–Crippen MR) is 83.6 cm³/mol. The summed E-state index contributed by atoms with van der Waals surface area (Å²) in [5, 5.41) is 10.2. The van der Waals surface area contributed by atoms with E-state index < -0.39 is 0 Å². The number of aliphatic hydroxyl groups excluding tert-OH is 1. The zero-order valence-corrected chi connectivity index (χ0v) is 13.6. The fourth-order valence-electron chi connectivity index (χ4n) is 2.10. The summed E-state index contributed by atoms with van der Waals surface area (Å²) in [6, 6.07) is 5.83. The number of ether oxygens (including phenoxy) is 1. The van der Waals surface area contributed by atoms with Gasteiger partial charge in [0.25, 0.3) is 0 Å². The first kappa shape index (κ1) is 16.5. The fourth-order valence-corrected chi connectivity index (χ4v) is 2.62. The molecule has 108 valence electrons. The molecule has 0 spiro atoms. The highest BCUT2D eigenvalue weighted by molar-refractivity contribution is 9.10. The van der Waals surface area contributed by atoms with Gasteiger partial charge in [0.2, 0.25) is 0 Å². The van der Waals surface area contributed by atoms with Crippen LogP contribution in [0.2, 0.25) is 0 Å². The van der Waals surface area contributed by atoms with Crippen molar-refractivity contribution in [2.45, 2.75) is 58.5 Å². The first-order chi connectivity index (χ1) is 9.19. The molecule has 0 aliphatic heterocycles. The summed E-state index contributed by atoms with van der Waals surface area (Å²) in [6.07, 6.45) is 6.60. The summed E-state index contributed by atoms with van der Waals surface area (Å²) in [5.41, 5.74) is 0.964. The van der Waals surface area contributed by atoms with E-state index >= 15 is 0 Å². The molecular formula is C16H25BrO2. The molecular weight excluding hydrogens is 304 g/mol. The van der Waals surface area contributed by atoms with Crippen molar-refractivity contribution in [2.75, 3.05) is 6.61 Å². The highest BCUT2D eigenvalue weighted by Crippen LogP contribution is 2.30. The number of halogens is 1. The lowest BCUT2D eigenvalue weighted by Gasteiger charge is -2.13. The van der Waals surface area contributed by atoms with Gasteiger partial charge in [-0.05, 0) is 47.0 Å². The summed E-state index contributed by atoms with van der Waals surface area (Å²) >= 11 is 3.48. The molecule has 0 aromatic heterocycles. The smallest absolute Gasteiger partial charge is 0.133 e.